The molecule has 0 fully saturated rings. The predicted octanol–water partition coefficient (Wildman–Crippen LogP) is 2.65. The van der Waals surface area contributed by atoms with Crippen LogP contribution in [0, 0.1) is 19.8 Å². The van der Waals surface area contributed by atoms with Crippen LogP contribution in [0.4, 0.5) is 4.39 Å². The van der Waals surface area contributed by atoms with Crippen molar-refractivity contribution < 1.29 is 4.39 Å². The van der Waals surface area contributed by atoms with E-state index in [2.05, 4.69) is 4.98 Å². The van der Waals surface area contributed by atoms with Gasteiger partial charge in [0.25, 0.3) is 0 Å². The third kappa shape index (κ3) is 1.20. The summed E-state index contributed by atoms with van der Waals surface area (Å²) in [7, 11) is 0. The van der Waals surface area contributed by atoms with Crippen molar-refractivity contribution in [2.75, 3.05) is 0 Å². The molecule has 0 atom stereocenters. The van der Waals surface area contributed by atoms with Gasteiger partial charge >= 0.3 is 0 Å². The van der Waals surface area contributed by atoms with E-state index in [4.69, 9.17) is 0 Å². The highest BCUT2D eigenvalue weighted by molar-refractivity contribution is 5.55. The summed E-state index contributed by atoms with van der Waals surface area (Å²) in [6.45, 7) is 5.75. The Morgan fingerprint density at radius 1 is 1.36 bits per heavy atom. The van der Waals surface area contributed by atoms with E-state index >= 15 is 0 Å². The highest BCUT2D eigenvalue weighted by Gasteiger charge is 2.10. The molecule has 14 heavy (non-hydrogen) atoms. The van der Waals surface area contributed by atoms with E-state index in [1.165, 1.54) is 6.07 Å². The lowest BCUT2D eigenvalue weighted by molar-refractivity contribution is 0.561. The smallest absolute Gasteiger partial charge is 0.199 e. The fraction of sp³-hybridized carbons (Fsp3) is 0.364. The second-order valence-electron chi connectivity index (χ2n) is 3.54. The Kier molecular flexibility index (Phi) is 2.02. The summed E-state index contributed by atoms with van der Waals surface area (Å²) in [6, 6.07) is 3.50. The maximum atomic E-state index is 13.6. The van der Waals surface area contributed by atoms with Crippen molar-refractivity contribution in [3.05, 3.63) is 35.2 Å². The molecule has 0 spiro atoms. The van der Waals surface area contributed by atoms with E-state index in [9.17, 15) is 4.39 Å². The predicted molar refractivity (Wildman–Crippen MR) is 54.0 cm³/mol. The molecular formula is C11H13FN2. The zero-order valence-corrected chi connectivity index (χ0v) is 8.63. The van der Waals surface area contributed by atoms with E-state index in [1.807, 2.05) is 26.8 Å². The number of aromatic nitrogens is 2. The number of pyridine rings is 1. The van der Waals surface area contributed by atoms with Gasteiger partial charge in [0.05, 0.1) is 11.2 Å². The summed E-state index contributed by atoms with van der Waals surface area (Å²) in [6.07, 6.45) is 0.834. The Hall–Kier alpha value is -1.38. The van der Waals surface area contributed by atoms with Crippen molar-refractivity contribution in [3.8, 4) is 0 Å². The molecule has 3 heteroatoms. The molecule has 0 saturated heterocycles. The first-order valence-electron chi connectivity index (χ1n) is 4.77. The Labute approximate surface area is 82.4 Å². The number of fused-ring (bicyclic) bond motifs is 1. The minimum absolute atomic E-state index is 0.232. The third-order valence-electron chi connectivity index (χ3n) is 2.42. The van der Waals surface area contributed by atoms with Crippen LogP contribution in [0.3, 0.4) is 0 Å². The number of aryl methyl sites for hydroxylation is 3. The van der Waals surface area contributed by atoms with Gasteiger partial charge in [-0.2, -0.15) is 4.39 Å². The van der Waals surface area contributed by atoms with Gasteiger partial charge in [0.15, 0.2) is 5.95 Å². The lowest BCUT2D eigenvalue weighted by Crippen LogP contribution is -1.95. The molecule has 0 aromatic carbocycles. The highest BCUT2D eigenvalue weighted by Crippen LogP contribution is 2.17. The third-order valence-corrected chi connectivity index (χ3v) is 2.42. The van der Waals surface area contributed by atoms with Gasteiger partial charge in [-0.3, -0.25) is 4.40 Å². The number of halogens is 1. The molecule has 2 rings (SSSR count). The second-order valence-corrected chi connectivity index (χ2v) is 3.54. The van der Waals surface area contributed by atoms with Crippen LogP contribution in [0.25, 0.3) is 5.52 Å². The number of rotatable bonds is 1. The highest BCUT2D eigenvalue weighted by atomic mass is 19.1. The average Bonchev–Trinajstić information content (AvgIpc) is 2.42. The van der Waals surface area contributed by atoms with Crippen LogP contribution in [0.2, 0.25) is 0 Å². The van der Waals surface area contributed by atoms with Crippen LogP contribution in [0.1, 0.15) is 24.0 Å². The first-order chi connectivity index (χ1) is 6.63. The summed E-state index contributed by atoms with van der Waals surface area (Å²) in [5.41, 5.74) is 2.79. The van der Waals surface area contributed by atoms with Crippen molar-refractivity contribution in [1.82, 2.24) is 9.38 Å². The summed E-state index contributed by atoms with van der Waals surface area (Å²) >= 11 is 0. The molecule has 2 nitrogen and oxygen atoms in total. The van der Waals surface area contributed by atoms with Gasteiger partial charge in [0.1, 0.15) is 5.82 Å². The van der Waals surface area contributed by atoms with E-state index < -0.39 is 0 Å². The molecule has 2 aromatic rings. The minimum Gasteiger partial charge on any atom is -0.273 e. The molecular weight excluding hydrogens is 179 g/mol. The quantitative estimate of drug-likeness (QED) is 0.635. The monoisotopic (exact) mass is 192 g/mol. The van der Waals surface area contributed by atoms with Gasteiger partial charge in [-0.25, -0.2) is 4.98 Å². The van der Waals surface area contributed by atoms with Gasteiger partial charge in [0, 0.05) is 0 Å². The lowest BCUT2D eigenvalue weighted by Gasteiger charge is -2.01. The van der Waals surface area contributed by atoms with Gasteiger partial charge < -0.3 is 0 Å². The molecule has 0 bridgehead atoms. The van der Waals surface area contributed by atoms with Gasteiger partial charge in [-0.15, -0.1) is 0 Å². The van der Waals surface area contributed by atoms with E-state index in [-0.39, 0.29) is 5.95 Å². The molecule has 2 aromatic heterocycles. The molecule has 0 aliphatic rings. The molecule has 0 aliphatic carbocycles. The number of hydrogen-bond acceptors (Lipinski definition) is 1. The van der Waals surface area contributed by atoms with Gasteiger partial charge in [-0.1, -0.05) is 6.92 Å². The topological polar surface area (TPSA) is 17.3 Å². The Bertz CT molecular complexity index is 485. The number of nitrogens with zero attached hydrogens (tertiary/aromatic N) is 2. The molecule has 0 saturated carbocycles. The van der Waals surface area contributed by atoms with Crippen LogP contribution >= 0.6 is 0 Å². The first-order valence-corrected chi connectivity index (χ1v) is 4.77. The molecule has 0 N–H and O–H groups in total. The van der Waals surface area contributed by atoms with Gasteiger partial charge in [-0.05, 0) is 38.0 Å². The average molecular weight is 192 g/mol. The van der Waals surface area contributed by atoms with Crippen molar-refractivity contribution in [1.29, 1.82) is 0 Å². The van der Waals surface area contributed by atoms with Crippen LogP contribution in [-0.4, -0.2) is 9.38 Å². The standard InChI is InChI=1S/C11H13FN2/c1-4-9-10-5-7(2)6-11(12)14(10)8(3)13-9/h5-6H,4H2,1-3H3. The van der Waals surface area contributed by atoms with E-state index in [0.717, 1.165) is 23.2 Å². The van der Waals surface area contributed by atoms with Gasteiger partial charge in [0.2, 0.25) is 0 Å². The van der Waals surface area contributed by atoms with Crippen molar-refractivity contribution >= 4 is 5.52 Å². The number of hydrogen-bond donors (Lipinski definition) is 0. The van der Waals surface area contributed by atoms with E-state index in [0.29, 0.717) is 5.82 Å². The van der Waals surface area contributed by atoms with Crippen LogP contribution in [-0.2, 0) is 6.42 Å². The fourth-order valence-corrected chi connectivity index (χ4v) is 1.79. The summed E-state index contributed by atoms with van der Waals surface area (Å²) in [4.78, 5) is 4.33. The minimum atomic E-state index is -0.232. The van der Waals surface area contributed by atoms with Crippen LogP contribution in [0.15, 0.2) is 12.1 Å². The molecule has 0 amide bonds. The Morgan fingerprint density at radius 3 is 2.71 bits per heavy atom. The molecule has 0 radical (unpaired) electrons. The molecule has 2 heterocycles. The largest absolute Gasteiger partial charge is 0.273 e. The maximum absolute atomic E-state index is 13.6. The second kappa shape index (κ2) is 3.08. The normalized spacial score (nSPS) is 11.1. The van der Waals surface area contributed by atoms with Crippen molar-refractivity contribution in [2.24, 2.45) is 0 Å². The Balaban J connectivity index is 2.89. The SMILES string of the molecule is CCc1nc(C)n2c(F)cc(C)cc12. The Morgan fingerprint density at radius 2 is 2.07 bits per heavy atom. The van der Waals surface area contributed by atoms with Crippen LogP contribution in [0.5, 0.6) is 0 Å². The zero-order valence-electron chi connectivity index (χ0n) is 8.63. The molecule has 0 unspecified atom stereocenters. The van der Waals surface area contributed by atoms with Crippen molar-refractivity contribution in [2.45, 2.75) is 27.2 Å². The zero-order chi connectivity index (χ0) is 10.3. The summed E-state index contributed by atoms with van der Waals surface area (Å²) < 4.78 is 15.1. The molecule has 74 valence electrons. The summed E-state index contributed by atoms with van der Waals surface area (Å²) in [5, 5.41) is 0. The lowest BCUT2D eigenvalue weighted by atomic mass is 10.2. The first kappa shape index (κ1) is 9.19. The maximum Gasteiger partial charge on any atom is 0.199 e. The number of imidazole rings is 1. The van der Waals surface area contributed by atoms with Crippen LogP contribution < -0.4 is 0 Å². The fourth-order valence-electron chi connectivity index (χ4n) is 1.79. The van der Waals surface area contributed by atoms with Crippen molar-refractivity contribution in [3.63, 3.8) is 0 Å². The molecule has 0 aliphatic heterocycles. The van der Waals surface area contributed by atoms with E-state index in [1.54, 1.807) is 4.40 Å². The summed E-state index contributed by atoms with van der Waals surface area (Å²) in [5.74, 6) is 0.485.